The number of non-ortho nitro benzene ring substituents is 1. The van der Waals surface area contributed by atoms with E-state index in [-0.39, 0.29) is 34.0 Å². The van der Waals surface area contributed by atoms with Crippen molar-refractivity contribution in [1.82, 2.24) is 0 Å². The zero-order valence-electron chi connectivity index (χ0n) is 15.1. The molecule has 29 heavy (non-hydrogen) atoms. The van der Waals surface area contributed by atoms with Gasteiger partial charge < -0.3 is 19.6 Å². The molecule has 9 heteroatoms. The maximum atomic E-state index is 12.8. The summed E-state index contributed by atoms with van der Waals surface area (Å²) in [7, 11) is 1.16. The second-order valence-corrected chi connectivity index (χ2v) is 6.29. The molecule has 4 rings (SSSR count). The van der Waals surface area contributed by atoms with Crippen LogP contribution in [0, 0.1) is 10.1 Å². The summed E-state index contributed by atoms with van der Waals surface area (Å²) < 4.78 is 15.9. The zero-order chi connectivity index (χ0) is 20.7. The van der Waals surface area contributed by atoms with Crippen LogP contribution in [0.5, 0.6) is 5.75 Å². The fraction of sp³-hybridized carbons (Fsp3) is 0.100. The molecule has 0 saturated heterocycles. The SMILES string of the molecule is COC(=O)C1=C(N)Oc2c(c(=O)oc3ccccc23)C1c1cccc([N+](=O)[O-])c1. The number of hydrogen-bond donors (Lipinski definition) is 1. The molecule has 1 atom stereocenters. The maximum Gasteiger partial charge on any atom is 0.344 e. The molecule has 0 saturated carbocycles. The fourth-order valence-corrected chi connectivity index (χ4v) is 3.43. The molecule has 0 fully saturated rings. The Hall–Kier alpha value is -4.14. The van der Waals surface area contributed by atoms with Crippen molar-refractivity contribution in [3.05, 3.63) is 91.6 Å². The Morgan fingerprint density at radius 3 is 2.69 bits per heavy atom. The maximum absolute atomic E-state index is 12.8. The van der Waals surface area contributed by atoms with Crippen LogP contribution < -0.4 is 16.1 Å². The van der Waals surface area contributed by atoms with Crippen molar-refractivity contribution >= 4 is 22.6 Å². The first-order chi connectivity index (χ1) is 13.9. The van der Waals surface area contributed by atoms with Gasteiger partial charge in [-0.3, -0.25) is 10.1 Å². The molecule has 0 spiro atoms. The van der Waals surface area contributed by atoms with Gasteiger partial charge in [-0.1, -0.05) is 24.3 Å². The first-order valence-electron chi connectivity index (χ1n) is 8.48. The van der Waals surface area contributed by atoms with Gasteiger partial charge in [-0.25, -0.2) is 9.59 Å². The number of nitrogens with zero attached hydrogens (tertiary/aromatic N) is 1. The largest absolute Gasteiger partial charge is 0.465 e. The van der Waals surface area contributed by atoms with Crippen LogP contribution in [0.4, 0.5) is 5.69 Å². The minimum Gasteiger partial charge on any atom is -0.465 e. The third-order valence-electron chi connectivity index (χ3n) is 4.67. The van der Waals surface area contributed by atoms with Crippen LogP contribution in [-0.4, -0.2) is 18.0 Å². The number of rotatable bonds is 3. The zero-order valence-corrected chi connectivity index (χ0v) is 15.1. The molecule has 2 N–H and O–H groups in total. The monoisotopic (exact) mass is 394 g/mol. The molecule has 2 aromatic carbocycles. The van der Waals surface area contributed by atoms with E-state index in [1.807, 2.05) is 0 Å². The van der Waals surface area contributed by atoms with E-state index in [1.54, 1.807) is 30.3 Å². The molecule has 0 aliphatic carbocycles. The van der Waals surface area contributed by atoms with Crippen LogP contribution in [0.3, 0.4) is 0 Å². The molecule has 9 nitrogen and oxygen atoms in total. The lowest BCUT2D eigenvalue weighted by Gasteiger charge is -2.27. The van der Waals surface area contributed by atoms with E-state index in [0.717, 1.165) is 7.11 Å². The number of esters is 1. The molecule has 1 aromatic heterocycles. The highest BCUT2D eigenvalue weighted by Crippen LogP contribution is 2.44. The van der Waals surface area contributed by atoms with E-state index in [0.29, 0.717) is 10.9 Å². The van der Waals surface area contributed by atoms with Gasteiger partial charge in [0.05, 0.1) is 28.9 Å². The summed E-state index contributed by atoms with van der Waals surface area (Å²) in [5.41, 5.74) is 5.53. The lowest BCUT2D eigenvalue weighted by molar-refractivity contribution is -0.384. The van der Waals surface area contributed by atoms with Gasteiger partial charge >= 0.3 is 11.6 Å². The standard InChI is InChI=1S/C20H14N2O7/c1-27-19(23)16-14(10-5-4-6-11(9-10)22(25)26)15-17(29-18(16)21)12-7-2-3-8-13(12)28-20(15)24/h2-9,14H,21H2,1H3. The van der Waals surface area contributed by atoms with E-state index in [4.69, 9.17) is 19.6 Å². The average Bonchev–Trinajstić information content (AvgIpc) is 2.72. The Morgan fingerprint density at radius 1 is 1.21 bits per heavy atom. The number of nitrogens with two attached hydrogens (primary N) is 1. The number of hydrogen-bond acceptors (Lipinski definition) is 8. The number of para-hydroxylation sites is 1. The van der Waals surface area contributed by atoms with E-state index in [9.17, 15) is 19.7 Å². The predicted molar refractivity (Wildman–Crippen MR) is 101 cm³/mol. The average molecular weight is 394 g/mol. The number of methoxy groups -OCH3 is 1. The van der Waals surface area contributed by atoms with Crippen LogP contribution in [0.1, 0.15) is 17.0 Å². The summed E-state index contributed by atoms with van der Waals surface area (Å²) in [4.78, 5) is 36.0. The van der Waals surface area contributed by atoms with Crippen molar-refractivity contribution in [2.24, 2.45) is 5.73 Å². The van der Waals surface area contributed by atoms with Crippen molar-refractivity contribution in [2.45, 2.75) is 5.92 Å². The summed E-state index contributed by atoms with van der Waals surface area (Å²) in [5.74, 6) is -2.00. The van der Waals surface area contributed by atoms with Crippen LogP contribution in [0.25, 0.3) is 11.0 Å². The normalized spacial score (nSPS) is 15.6. The van der Waals surface area contributed by atoms with Gasteiger partial charge in [0, 0.05) is 12.1 Å². The summed E-state index contributed by atoms with van der Waals surface area (Å²) in [6, 6.07) is 12.3. The predicted octanol–water partition coefficient (Wildman–Crippen LogP) is 2.57. The van der Waals surface area contributed by atoms with Crippen LogP contribution in [-0.2, 0) is 9.53 Å². The Bertz CT molecular complexity index is 1260. The highest BCUT2D eigenvalue weighted by atomic mass is 16.6. The summed E-state index contributed by atoms with van der Waals surface area (Å²) in [6.45, 7) is 0. The molecular formula is C20H14N2O7. The number of nitro benzene ring substituents is 1. The van der Waals surface area contributed by atoms with Gasteiger partial charge in [-0.05, 0) is 17.7 Å². The molecule has 0 amide bonds. The smallest absolute Gasteiger partial charge is 0.344 e. The number of carbonyl (C=O) groups excluding carboxylic acids is 1. The van der Waals surface area contributed by atoms with Crippen molar-refractivity contribution in [3.63, 3.8) is 0 Å². The quantitative estimate of drug-likeness (QED) is 0.310. The van der Waals surface area contributed by atoms with Gasteiger partial charge in [0.15, 0.2) is 5.75 Å². The number of nitro groups is 1. The van der Waals surface area contributed by atoms with Gasteiger partial charge in [-0.2, -0.15) is 0 Å². The third kappa shape index (κ3) is 2.89. The lowest BCUT2D eigenvalue weighted by atomic mass is 9.83. The Balaban J connectivity index is 2.07. The van der Waals surface area contributed by atoms with Crippen molar-refractivity contribution in [3.8, 4) is 5.75 Å². The molecule has 0 radical (unpaired) electrons. The third-order valence-corrected chi connectivity index (χ3v) is 4.67. The molecule has 146 valence electrons. The minimum atomic E-state index is -1.06. The van der Waals surface area contributed by atoms with E-state index < -0.39 is 22.4 Å². The molecule has 2 heterocycles. The van der Waals surface area contributed by atoms with Crippen molar-refractivity contribution < 1.29 is 23.6 Å². The summed E-state index contributed by atoms with van der Waals surface area (Å²) >= 11 is 0. The number of ether oxygens (including phenoxy) is 2. The second kappa shape index (κ2) is 6.79. The van der Waals surface area contributed by atoms with Crippen LogP contribution in [0.2, 0.25) is 0 Å². The van der Waals surface area contributed by atoms with Gasteiger partial charge in [0.25, 0.3) is 5.69 Å². The van der Waals surface area contributed by atoms with E-state index in [1.165, 1.54) is 18.2 Å². The summed E-state index contributed by atoms with van der Waals surface area (Å²) in [6.07, 6.45) is 0. The van der Waals surface area contributed by atoms with Gasteiger partial charge in [0.2, 0.25) is 5.88 Å². The van der Waals surface area contributed by atoms with Gasteiger partial charge in [-0.15, -0.1) is 0 Å². The molecule has 1 unspecified atom stereocenters. The summed E-state index contributed by atoms with van der Waals surface area (Å²) in [5, 5.41) is 11.7. The number of benzene rings is 2. The minimum absolute atomic E-state index is 0.0128. The molecular weight excluding hydrogens is 380 g/mol. The number of fused-ring (bicyclic) bond motifs is 3. The first-order valence-corrected chi connectivity index (χ1v) is 8.48. The van der Waals surface area contributed by atoms with Crippen molar-refractivity contribution in [2.75, 3.05) is 7.11 Å². The van der Waals surface area contributed by atoms with Crippen molar-refractivity contribution in [1.29, 1.82) is 0 Å². The van der Waals surface area contributed by atoms with E-state index in [2.05, 4.69) is 0 Å². The number of carbonyl (C=O) groups is 1. The topological polar surface area (TPSA) is 135 Å². The highest BCUT2D eigenvalue weighted by molar-refractivity contribution is 5.94. The Morgan fingerprint density at radius 2 is 1.97 bits per heavy atom. The first kappa shape index (κ1) is 18.2. The molecule has 1 aliphatic rings. The Labute approximate surface area is 163 Å². The van der Waals surface area contributed by atoms with Crippen LogP contribution in [0.15, 0.2) is 69.2 Å². The molecule has 3 aromatic rings. The lowest BCUT2D eigenvalue weighted by Crippen LogP contribution is -2.30. The van der Waals surface area contributed by atoms with Crippen LogP contribution >= 0.6 is 0 Å². The van der Waals surface area contributed by atoms with Gasteiger partial charge in [0.1, 0.15) is 11.2 Å². The molecule has 1 aliphatic heterocycles. The molecule has 0 bridgehead atoms. The second-order valence-electron chi connectivity index (χ2n) is 6.29. The highest BCUT2D eigenvalue weighted by Gasteiger charge is 2.39. The Kier molecular flexibility index (Phi) is 4.27. The fourth-order valence-electron chi connectivity index (χ4n) is 3.43. The van der Waals surface area contributed by atoms with E-state index >= 15 is 0 Å².